The van der Waals surface area contributed by atoms with Gasteiger partial charge in [-0.1, -0.05) is 17.7 Å². The predicted molar refractivity (Wildman–Crippen MR) is 82.6 cm³/mol. The number of benzene rings is 2. The van der Waals surface area contributed by atoms with E-state index in [0.717, 1.165) is 28.0 Å². The van der Waals surface area contributed by atoms with Crippen molar-refractivity contribution in [2.75, 3.05) is 0 Å². The molecule has 0 saturated heterocycles. The van der Waals surface area contributed by atoms with Crippen LogP contribution in [-0.4, -0.2) is 21.0 Å². The van der Waals surface area contributed by atoms with E-state index in [1.165, 1.54) is 0 Å². The Kier molecular flexibility index (Phi) is 3.39. The SMILES string of the molecule is C[C@@H](C(=O)O)c1ccc2nc(-c3ccc(Cl)cc3)[nH]c2c1. The molecule has 0 amide bonds. The van der Waals surface area contributed by atoms with Crippen LogP contribution in [0.5, 0.6) is 0 Å². The molecule has 1 atom stereocenters. The second-order valence-corrected chi connectivity index (χ2v) is 5.37. The van der Waals surface area contributed by atoms with Crippen LogP contribution in [0.15, 0.2) is 42.5 Å². The highest BCUT2D eigenvalue weighted by Gasteiger charge is 2.15. The molecule has 0 aliphatic heterocycles. The number of hydrogen-bond donors (Lipinski definition) is 2. The van der Waals surface area contributed by atoms with E-state index in [2.05, 4.69) is 9.97 Å². The molecule has 1 aromatic heterocycles. The fraction of sp³-hybridized carbons (Fsp3) is 0.125. The molecule has 21 heavy (non-hydrogen) atoms. The maximum Gasteiger partial charge on any atom is 0.310 e. The summed E-state index contributed by atoms with van der Waals surface area (Å²) in [4.78, 5) is 18.8. The number of H-pyrrole nitrogens is 1. The van der Waals surface area contributed by atoms with Crippen LogP contribution in [0.1, 0.15) is 18.4 Å². The molecule has 2 N–H and O–H groups in total. The lowest BCUT2D eigenvalue weighted by molar-refractivity contribution is -0.138. The van der Waals surface area contributed by atoms with E-state index in [1.54, 1.807) is 13.0 Å². The highest BCUT2D eigenvalue weighted by atomic mass is 35.5. The summed E-state index contributed by atoms with van der Waals surface area (Å²) in [5.41, 5.74) is 3.32. The summed E-state index contributed by atoms with van der Waals surface area (Å²) < 4.78 is 0. The van der Waals surface area contributed by atoms with Crippen molar-refractivity contribution in [1.82, 2.24) is 9.97 Å². The number of halogens is 1. The minimum Gasteiger partial charge on any atom is -0.481 e. The highest BCUT2D eigenvalue weighted by molar-refractivity contribution is 6.30. The Morgan fingerprint density at radius 3 is 2.62 bits per heavy atom. The zero-order valence-electron chi connectivity index (χ0n) is 11.3. The molecular formula is C16H13ClN2O2. The summed E-state index contributed by atoms with van der Waals surface area (Å²) in [7, 11) is 0. The number of nitrogens with one attached hydrogen (secondary N) is 1. The van der Waals surface area contributed by atoms with Crippen LogP contribution in [0.2, 0.25) is 5.02 Å². The van der Waals surface area contributed by atoms with E-state index in [9.17, 15) is 4.79 Å². The molecule has 4 nitrogen and oxygen atoms in total. The molecule has 1 heterocycles. The number of aliphatic carboxylic acids is 1. The maximum atomic E-state index is 11.1. The molecule has 0 aliphatic carbocycles. The summed E-state index contributed by atoms with van der Waals surface area (Å²) in [5, 5.41) is 9.75. The molecule has 0 unspecified atom stereocenters. The number of carboxylic acid groups (broad SMARTS) is 1. The average molecular weight is 301 g/mol. The molecule has 106 valence electrons. The lowest BCUT2D eigenvalue weighted by atomic mass is 10.0. The molecule has 0 spiro atoms. The van der Waals surface area contributed by atoms with Crippen LogP contribution in [0.3, 0.4) is 0 Å². The van der Waals surface area contributed by atoms with Gasteiger partial charge in [-0.15, -0.1) is 0 Å². The Morgan fingerprint density at radius 1 is 1.24 bits per heavy atom. The largest absolute Gasteiger partial charge is 0.481 e. The Bertz CT molecular complexity index is 809. The molecule has 3 rings (SSSR count). The van der Waals surface area contributed by atoms with Gasteiger partial charge in [0.05, 0.1) is 17.0 Å². The second kappa shape index (κ2) is 5.22. The first kappa shape index (κ1) is 13.6. The van der Waals surface area contributed by atoms with Crippen molar-refractivity contribution in [2.24, 2.45) is 0 Å². The summed E-state index contributed by atoms with van der Waals surface area (Å²) >= 11 is 5.88. The van der Waals surface area contributed by atoms with Gasteiger partial charge < -0.3 is 10.1 Å². The van der Waals surface area contributed by atoms with Gasteiger partial charge in [-0.05, 0) is 48.9 Å². The van der Waals surface area contributed by atoms with Crippen molar-refractivity contribution >= 4 is 28.6 Å². The second-order valence-electron chi connectivity index (χ2n) is 4.93. The summed E-state index contributed by atoms with van der Waals surface area (Å²) in [6, 6.07) is 12.9. The predicted octanol–water partition coefficient (Wildman–Crippen LogP) is 4.07. The zero-order chi connectivity index (χ0) is 15.0. The summed E-state index contributed by atoms with van der Waals surface area (Å²) in [5.74, 6) is -0.648. The van der Waals surface area contributed by atoms with E-state index in [-0.39, 0.29) is 0 Å². The highest BCUT2D eigenvalue weighted by Crippen LogP contribution is 2.25. The molecule has 0 radical (unpaired) electrons. The van der Waals surface area contributed by atoms with Gasteiger partial charge >= 0.3 is 5.97 Å². The smallest absolute Gasteiger partial charge is 0.310 e. The Hall–Kier alpha value is -2.33. The van der Waals surface area contributed by atoms with E-state index in [0.29, 0.717) is 5.02 Å². The van der Waals surface area contributed by atoms with Gasteiger partial charge in [-0.3, -0.25) is 4.79 Å². The normalized spacial score (nSPS) is 12.5. The zero-order valence-corrected chi connectivity index (χ0v) is 12.1. The fourth-order valence-electron chi connectivity index (χ4n) is 2.18. The molecule has 3 aromatic rings. The van der Waals surface area contributed by atoms with Gasteiger partial charge in [0.2, 0.25) is 0 Å². The molecule has 0 fully saturated rings. The van der Waals surface area contributed by atoms with Gasteiger partial charge in [-0.2, -0.15) is 0 Å². The van der Waals surface area contributed by atoms with Crippen LogP contribution in [0.25, 0.3) is 22.4 Å². The van der Waals surface area contributed by atoms with Crippen molar-refractivity contribution in [3.05, 3.63) is 53.1 Å². The maximum absolute atomic E-state index is 11.1. The monoisotopic (exact) mass is 300 g/mol. The Morgan fingerprint density at radius 2 is 1.95 bits per heavy atom. The summed E-state index contributed by atoms with van der Waals surface area (Å²) in [6.45, 7) is 1.67. The number of imidazole rings is 1. The van der Waals surface area contributed by atoms with Crippen molar-refractivity contribution in [3.8, 4) is 11.4 Å². The van der Waals surface area contributed by atoms with Crippen LogP contribution >= 0.6 is 11.6 Å². The number of hydrogen-bond acceptors (Lipinski definition) is 2. The van der Waals surface area contributed by atoms with E-state index < -0.39 is 11.9 Å². The molecule has 0 aliphatic rings. The first-order chi connectivity index (χ1) is 10.0. The van der Waals surface area contributed by atoms with Gasteiger partial charge in [0.1, 0.15) is 5.82 Å². The average Bonchev–Trinajstić information content (AvgIpc) is 2.89. The number of nitrogens with zero attached hydrogens (tertiary/aromatic N) is 1. The Labute approximate surface area is 126 Å². The molecule has 5 heteroatoms. The van der Waals surface area contributed by atoms with Crippen molar-refractivity contribution in [2.45, 2.75) is 12.8 Å². The number of carbonyl (C=O) groups is 1. The van der Waals surface area contributed by atoms with Crippen molar-refractivity contribution < 1.29 is 9.90 Å². The molecule has 0 bridgehead atoms. The number of aromatic nitrogens is 2. The quantitative estimate of drug-likeness (QED) is 0.766. The third-order valence-corrected chi connectivity index (χ3v) is 3.75. The topological polar surface area (TPSA) is 66.0 Å². The lowest BCUT2D eigenvalue weighted by Crippen LogP contribution is -2.06. The minimum absolute atomic E-state index is 0.545. The van der Waals surface area contributed by atoms with Crippen LogP contribution in [0, 0.1) is 0 Å². The molecule has 2 aromatic carbocycles. The minimum atomic E-state index is -0.841. The number of fused-ring (bicyclic) bond motifs is 1. The fourth-order valence-corrected chi connectivity index (χ4v) is 2.31. The van der Waals surface area contributed by atoms with Gasteiger partial charge in [0.15, 0.2) is 0 Å². The van der Waals surface area contributed by atoms with Crippen molar-refractivity contribution in [1.29, 1.82) is 0 Å². The van der Waals surface area contributed by atoms with Crippen LogP contribution < -0.4 is 0 Å². The van der Waals surface area contributed by atoms with Gasteiger partial charge in [0, 0.05) is 10.6 Å². The standard InChI is InChI=1S/C16H13ClN2O2/c1-9(16(20)21)11-4-7-13-14(8-11)19-15(18-13)10-2-5-12(17)6-3-10/h2-9H,1H3,(H,18,19)(H,20,21)/t9-/m1/s1. The van der Waals surface area contributed by atoms with Gasteiger partial charge in [0.25, 0.3) is 0 Å². The number of carboxylic acids is 1. The third-order valence-electron chi connectivity index (χ3n) is 3.49. The van der Waals surface area contributed by atoms with Crippen LogP contribution in [0.4, 0.5) is 0 Å². The van der Waals surface area contributed by atoms with Gasteiger partial charge in [-0.25, -0.2) is 4.98 Å². The molecule has 0 saturated carbocycles. The molecular weight excluding hydrogens is 288 g/mol. The first-order valence-electron chi connectivity index (χ1n) is 6.53. The number of aromatic amines is 1. The summed E-state index contributed by atoms with van der Waals surface area (Å²) in [6.07, 6.45) is 0. The lowest BCUT2D eigenvalue weighted by Gasteiger charge is -2.05. The van der Waals surface area contributed by atoms with E-state index >= 15 is 0 Å². The Balaban J connectivity index is 2.04. The van der Waals surface area contributed by atoms with E-state index in [1.807, 2.05) is 36.4 Å². The third kappa shape index (κ3) is 2.62. The van der Waals surface area contributed by atoms with E-state index in [4.69, 9.17) is 16.7 Å². The number of rotatable bonds is 3. The van der Waals surface area contributed by atoms with Crippen molar-refractivity contribution in [3.63, 3.8) is 0 Å². The van der Waals surface area contributed by atoms with Crippen LogP contribution in [-0.2, 0) is 4.79 Å². The first-order valence-corrected chi connectivity index (χ1v) is 6.91.